The van der Waals surface area contributed by atoms with Crippen molar-refractivity contribution < 1.29 is 9.18 Å². The van der Waals surface area contributed by atoms with Crippen LogP contribution >= 0.6 is 0 Å². The van der Waals surface area contributed by atoms with Gasteiger partial charge < -0.3 is 4.90 Å². The zero-order chi connectivity index (χ0) is 18.1. The molecule has 3 aromatic rings. The van der Waals surface area contributed by atoms with E-state index in [9.17, 15) is 14.0 Å². The highest BCUT2D eigenvalue weighted by Crippen LogP contribution is 2.23. The van der Waals surface area contributed by atoms with Crippen molar-refractivity contribution in [3.05, 3.63) is 76.6 Å². The van der Waals surface area contributed by atoms with E-state index in [1.54, 1.807) is 21.9 Å². The first-order valence-corrected chi connectivity index (χ1v) is 8.64. The van der Waals surface area contributed by atoms with Crippen LogP contribution in [0.4, 0.5) is 4.39 Å². The van der Waals surface area contributed by atoms with Gasteiger partial charge in [0.15, 0.2) is 0 Å². The third kappa shape index (κ3) is 2.98. The van der Waals surface area contributed by atoms with Gasteiger partial charge in [0.05, 0.1) is 17.2 Å². The second kappa shape index (κ2) is 6.71. The monoisotopic (exact) mass is 351 g/mol. The number of piperidine rings is 1. The third-order valence-corrected chi connectivity index (χ3v) is 4.93. The van der Waals surface area contributed by atoms with Crippen molar-refractivity contribution in [1.82, 2.24) is 14.5 Å². The van der Waals surface area contributed by atoms with Crippen LogP contribution in [-0.4, -0.2) is 33.4 Å². The molecule has 0 aliphatic carbocycles. The minimum absolute atomic E-state index is 0.0249. The van der Waals surface area contributed by atoms with Crippen molar-refractivity contribution in [3.8, 4) is 0 Å². The summed E-state index contributed by atoms with van der Waals surface area (Å²) in [6.45, 7) is 1.11. The molecule has 1 aliphatic heterocycles. The van der Waals surface area contributed by atoms with Gasteiger partial charge in [-0.2, -0.15) is 0 Å². The summed E-state index contributed by atoms with van der Waals surface area (Å²) in [5, 5.41) is 0.611. The summed E-state index contributed by atoms with van der Waals surface area (Å²) in [4.78, 5) is 31.3. The van der Waals surface area contributed by atoms with Crippen molar-refractivity contribution in [3.63, 3.8) is 0 Å². The smallest absolute Gasteiger partial charge is 0.261 e. The van der Waals surface area contributed by atoms with Gasteiger partial charge in [0.25, 0.3) is 11.5 Å². The Morgan fingerprint density at radius 2 is 1.73 bits per heavy atom. The Morgan fingerprint density at radius 1 is 1.04 bits per heavy atom. The maximum atomic E-state index is 13.0. The molecule has 1 aromatic heterocycles. The van der Waals surface area contributed by atoms with Gasteiger partial charge in [0.2, 0.25) is 0 Å². The summed E-state index contributed by atoms with van der Waals surface area (Å²) in [6.07, 6.45) is 2.98. The van der Waals surface area contributed by atoms with Gasteiger partial charge in [0.1, 0.15) is 5.82 Å². The Bertz CT molecular complexity index is 1010. The molecule has 1 saturated heterocycles. The molecule has 0 unspecified atom stereocenters. The molecule has 1 aliphatic rings. The number of rotatable bonds is 2. The third-order valence-electron chi connectivity index (χ3n) is 4.93. The Morgan fingerprint density at radius 3 is 2.46 bits per heavy atom. The highest BCUT2D eigenvalue weighted by Gasteiger charge is 2.25. The number of carbonyl (C=O) groups excluding carboxylic acids is 1. The quantitative estimate of drug-likeness (QED) is 0.713. The summed E-state index contributed by atoms with van der Waals surface area (Å²) in [5.41, 5.74) is 1.13. The number of likely N-dealkylation sites (tertiary alicyclic amines) is 1. The highest BCUT2D eigenvalue weighted by molar-refractivity contribution is 5.94. The summed E-state index contributed by atoms with van der Waals surface area (Å²) < 4.78 is 14.7. The number of carbonyl (C=O) groups is 1. The number of hydrogen-bond acceptors (Lipinski definition) is 3. The van der Waals surface area contributed by atoms with Gasteiger partial charge >= 0.3 is 0 Å². The van der Waals surface area contributed by atoms with Gasteiger partial charge in [-0.05, 0) is 49.2 Å². The lowest BCUT2D eigenvalue weighted by atomic mass is 10.0. The lowest BCUT2D eigenvalue weighted by molar-refractivity contribution is 0.0693. The molecule has 0 N–H and O–H groups in total. The second-order valence-corrected chi connectivity index (χ2v) is 6.50. The predicted molar refractivity (Wildman–Crippen MR) is 96.6 cm³/mol. The van der Waals surface area contributed by atoms with E-state index >= 15 is 0 Å². The van der Waals surface area contributed by atoms with Crippen LogP contribution in [-0.2, 0) is 0 Å². The molecule has 0 saturated carbocycles. The zero-order valence-corrected chi connectivity index (χ0v) is 14.1. The van der Waals surface area contributed by atoms with Crippen LogP contribution in [0.25, 0.3) is 10.9 Å². The van der Waals surface area contributed by atoms with Crippen LogP contribution in [0.15, 0.2) is 59.7 Å². The fourth-order valence-corrected chi connectivity index (χ4v) is 3.47. The Labute approximate surface area is 149 Å². The summed E-state index contributed by atoms with van der Waals surface area (Å²) in [6, 6.07) is 12.9. The minimum Gasteiger partial charge on any atom is -0.338 e. The number of para-hydroxylation sites is 1. The molecule has 4 rings (SSSR count). The number of benzene rings is 2. The number of fused-ring (bicyclic) bond motifs is 1. The molecule has 2 heterocycles. The number of amides is 1. The Balaban J connectivity index is 1.50. The molecule has 6 heteroatoms. The number of aromatic nitrogens is 2. The molecule has 1 amide bonds. The van der Waals surface area contributed by atoms with E-state index in [1.165, 1.54) is 24.3 Å². The largest absolute Gasteiger partial charge is 0.338 e. The van der Waals surface area contributed by atoms with E-state index in [0.29, 0.717) is 42.4 Å². The van der Waals surface area contributed by atoms with Gasteiger partial charge in [-0.15, -0.1) is 0 Å². The number of hydrogen-bond donors (Lipinski definition) is 0. The minimum atomic E-state index is -0.358. The standard InChI is InChI=1S/C20H18FN3O2/c21-15-7-5-14(6-8-15)19(25)23-11-9-16(10-12-23)24-13-22-18-4-2-1-3-17(18)20(24)26/h1-8,13,16H,9-12H2. The normalized spacial score (nSPS) is 15.3. The van der Waals surface area contributed by atoms with Crippen molar-refractivity contribution in [2.45, 2.75) is 18.9 Å². The molecule has 132 valence electrons. The average Bonchev–Trinajstić information content (AvgIpc) is 2.69. The fraction of sp³-hybridized carbons (Fsp3) is 0.250. The first-order chi connectivity index (χ1) is 12.6. The van der Waals surface area contributed by atoms with E-state index < -0.39 is 0 Å². The Kier molecular flexibility index (Phi) is 4.24. The van der Waals surface area contributed by atoms with E-state index in [-0.39, 0.29) is 23.3 Å². The topological polar surface area (TPSA) is 55.2 Å². The molecular weight excluding hydrogens is 333 g/mol. The molecule has 0 radical (unpaired) electrons. The van der Waals surface area contributed by atoms with E-state index in [2.05, 4.69) is 4.98 Å². The fourth-order valence-electron chi connectivity index (χ4n) is 3.47. The molecule has 0 bridgehead atoms. The average molecular weight is 351 g/mol. The molecule has 5 nitrogen and oxygen atoms in total. The molecule has 1 fully saturated rings. The zero-order valence-electron chi connectivity index (χ0n) is 14.1. The molecule has 0 spiro atoms. The molecule has 2 aromatic carbocycles. The van der Waals surface area contributed by atoms with E-state index in [1.807, 2.05) is 18.2 Å². The van der Waals surface area contributed by atoms with Gasteiger partial charge in [-0.25, -0.2) is 9.37 Å². The van der Waals surface area contributed by atoms with Crippen LogP contribution in [0.5, 0.6) is 0 Å². The van der Waals surface area contributed by atoms with Crippen molar-refractivity contribution in [2.75, 3.05) is 13.1 Å². The lowest BCUT2D eigenvalue weighted by Crippen LogP contribution is -2.40. The van der Waals surface area contributed by atoms with Crippen LogP contribution in [0.3, 0.4) is 0 Å². The number of nitrogens with zero attached hydrogens (tertiary/aromatic N) is 3. The first-order valence-electron chi connectivity index (χ1n) is 8.64. The molecule has 26 heavy (non-hydrogen) atoms. The summed E-state index contributed by atoms with van der Waals surface area (Å²) >= 11 is 0. The number of halogens is 1. The van der Waals surface area contributed by atoms with Crippen molar-refractivity contribution >= 4 is 16.8 Å². The summed E-state index contributed by atoms with van der Waals surface area (Å²) in [5.74, 6) is -0.462. The van der Waals surface area contributed by atoms with Crippen molar-refractivity contribution in [1.29, 1.82) is 0 Å². The van der Waals surface area contributed by atoms with Gasteiger partial charge in [-0.3, -0.25) is 14.2 Å². The maximum absolute atomic E-state index is 13.0. The highest BCUT2D eigenvalue weighted by atomic mass is 19.1. The van der Waals surface area contributed by atoms with E-state index in [0.717, 1.165) is 0 Å². The lowest BCUT2D eigenvalue weighted by Gasteiger charge is -2.32. The van der Waals surface area contributed by atoms with Gasteiger partial charge in [0, 0.05) is 24.7 Å². The van der Waals surface area contributed by atoms with Crippen LogP contribution in [0, 0.1) is 5.82 Å². The maximum Gasteiger partial charge on any atom is 0.261 e. The Hall–Kier alpha value is -3.02. The van der Waals surface area contributed by atoms with E-state index in [4.69, 9.17) is 0 Å². The predicted octanol–water partition coefficient (Wildman–Crippen LogP) is 3.01. The van der Waals surface area contributed by atoms with Crippen LogP contribution in [0.2, 0.25) is 0 Å². The van der Waals surface area contributed by atoms with Gasteiger partial charge in [-0.1, -0.05) is 12.1 Å². The molecule has 0 atom stereocenters. The summed E-state index contributed by atoms with van der Waals surface area (Å²) in [7, 11) is 0. The SMILES string of the molecule is O=C(c1ccc(F)cc1)N1CCC(n2cnc3ccccc3c2=O)CC1. The molecular formula is C20H18FN3O2. The first kappa shape index (κ1) is 16.4. The van der Waals surface area contributed by atoms with Crippen LogP contribution < -0.4 is 5.56 Å². The van der Waals surface area contributed by atoms with Crippen molar-refractivity contribution in [2.24, 2.45) is 0 Å². The second-order valence-electron chi connectivity index (χ2n) is 6.50. The van der Waals surface area contributed by atoms with Crippen LogP contribution in [0.1, 0.15) is 29.2 Å².